The topological polar surface area (TPSA) is 98.2 Å². The number of rotatable bonds is 4. The number of hydrogen-bond donors (Lipinski definition) is 1. The predicted molar refractivity (Wildman–Crippen MR) is 95.5 cm³/mol. The molecular formula is C18H12ClN3O4. The third kappa shape index (κ3) is 2.93. The monoisotopic (exact) mass is 369 g/mol. The molecule has 1 N–H and O–H groups in total. The second kappa shape index (κ2) is 6.27. The SMILES string of the molecule is O=C(O)Cc1nn(Cc2nc3cc(Cl)ccc3o2)c(=O)c2ccccc12. The van der Waals surface area contributed by atoms with E-state index in [1.54, 1.807) is 42.5 Å². The highest BCUT2D eigenvalue weighted by Gasteiger charge is 2.15. The molecule has 0 saturated heterocycles. The third-order valence-corrected chi connectivity index (χ3v) is 4.18. The van der Waals surface area contributed by atoms with Crippen LogP contribution in [0.15, 0.2) is 51.7 Å². The van der Waals surface area contributed by atoms with Crippen LogP contribution >= 0.6 is 11.6 Å². The summed E-state index contributed by atoms with van der Waals surface area (Å²) in [6.07, 6.45) is -0.288. The van der Waals surface area contributed by atoms with Gasteiger partial charge in [0, 0.05) is 10.4 Å². The van der Waals surface area contributed by atoms with E-state index < -0.39 is 5.97 Å². The summed E-state index contributed by atoms with van der Waals surface area (Å²) in [6, 6.07) is 11.8. The van der Waals surface area contributed by atoms with Crippen LogP contribution in [0, 0.1) is 0 Å². The van der Waals surface area contributed by atoms with Gasteiger partial charge in [-0.2, -0.15) is 5.10 Å². The quantitative estimate of drug-likeness (QED) is 0.594. The number of aliphatic carboxylic acids is 1. The number of hydrogen-bond acceptors (Lipinski definition) is 5. The molecule has 26 heavy (non-hydrogen) atoms. The average molecular weight is 370 g/mol. The van der Waals surface area contributed by atoms with Crippen LogP contribution in [0.25, 0.3) is 21.9 Å². The van der Waals surface area contributed by atoms with Crippen LogP contribution in [0.2, 0.25) is 5.02 Å². The van der Waals surface area contributed by atoms with Crippen LogP contribution in [-0.2, 0) is 17.8 Å². The number of aromatic nitrogens is 3. The van der Waals surface area contributed by atoms with Crippen molar-refractivity contribution in [3.05, 3.63) is 69.4 Å². The maximum absolute atomic E-state index is 12.7. The van der Waals surface area contributed by atoms with Crippen molar-refractivity contribution in [1.29, 1.82) is 0 Å². The maximum Gasteiger partial charge on any atom is 0.309 e. The van der Waals surface area contributed by atoms with E-state index in [1.807, 2.05) is 0 Å². The van der Waals surface area contributed by atoms with Crippen molar-refractivity contribution in [3.63, 3.8) is 0 Å². The summed E-state index contributed by atoms with van der Waals surface area (Å²) in [5.41, 5.74) is 1.10. The Kier molecular flexibility index (Phi) is 3.93. The number of nitrogens with zero attached hydrogens (tertiary/aromatic N) is 3. The summed E-state index contributed by atoms with van der Waals surface area (Å²) in [5.74, 6) is -0.738. The molecule has 0 radical (unpaired) electrons. The Hall–Kier alpha value is -3.19. The van der Waals surface area contributed by atoms with E-state index in [1.165, 1.54) is 4.68 Å². The van der Waals surface area contributed by atoms with Gasteiger partial charge in [-0.25, -0.2) is 9.67 Å². The Morgan fingerprint density at radius 2 is 1.96 bits per heavy atom. The van der Waals surface area contributed by atoms with E-state index in [-0.39, 0.29) is 24.4 Å². The fourth-order valence-electron chi connectivity index (χ4n) is 2.83. The zero-order valence-corrected chi connectivity index (χ0v) is 14.1. The number of oxazole rings is 1. The predicted octanol–water partition coefficient (Wildman–Crippen LogP) is 2.87. The number of carboxylic acid groups (broad SMARTS) is 1. The number of halogens is 1. The summed E-state index contributed by atoms with van der Waals surface area (Å²) in [6.45, 7) is -0.0113. The number of carboxylic acids is 1. The molecule has 2 aromatic heterocycles. The molecule has 2 aromatic carbocycles. The van der Waals surface area contributed by atoms with Gasteiger partial charge in [0.1, 0.15) is 12.1 Å². The first-order chi connectivity index (χ1) is 12.5. The van der Waals surface area contributed by atoms with Crippen molar-refractivity contribution >= 4 is 39.4 Å². The summed E-state index contributed by atoms with van der Waals surface area (Å²) < 4.78 is 6.80. The maximum atomic E-state index is 12.7. The van der Waals surface area contributed by atoms with Crippen molar-refractivity contribution in [1.82, 2.24) is 14.8 Å². The van der Waals surface area contributed by atoms with Crippen LogP contribution in [-0.4, -0.2) is 25.8 Å². The summed E-state index contributed by atoms with van der Waals surface area (Å²) in [7, 11) is 0. The van der Waals surface area contributed by atoms with Crippen molar-refractivity contribution in [3.8, 4) is 0 Å². The summed E-state index contributed by atoms with van der Waals surface area (Å²) in [4.78, 5) is 28.2. The Morgan fingerprint density at radius 3 is 2.73 bits per heavy atom. The lowest BCUT2D eigenvalue weighted by atomic mass is 10.1. The first kappa shape index (κ1) is 16.3. The van der Waals surface area contributed by atoms with Gasteiger partial charge in [-0.3, -0.25) is 9.59 Å². The summed E-state index contributed by atoms with van der Waals surface area (Å²) in [5, 5.41) is 14.8. The molecule has 0 amide bonds. The van der Waals surface area contributed by atoms with Gasteiger partial charge >= 0.3 is 5.97 Å². The van der Waals surface area contributed by atoms with Crippen molar-refractivity contribution < 1.29 is 14.3 Å². The molecule has 7 nitrogen and oxygen atoms in total. The molecule has 0 atom stereocenters. The van der Waals surface area contributed by atoms with Crippen molar-refractivity contribution in [2.24, 2.45) is 0 Å². The minimum Gasteiger partial charge on any atom is -0.481 e. The zero-order chi connectivity index (χ0) is 18.3. The van der Waals surface area contributed by atoms with E-state index in [2.05, 4.69) is 10.1 Å². The van der Waals surface area contributed by atoms with Gasteiger partial charge in [-0.1, -0.05) is 29.8 Å². The minimum atomic E-state index is -1.02. The molecule has 0 aliphatic rings. The molecule has 0 fully saturated rings. The average Bonchev–Trinajstić information content (AvgIpc) is 3.00. The molecule has 8 heteroatoms. The van der Waals surface area contributed by atoms with Crippen LogP contribution in [0.5, 0.6) is 0 Å². The third-order valence-electron chi connectivity index (χ3n) is 3.94. The van der Waals surface area contributed by atoms with Crippen molar-refractivity contribution in [2.75, 3.05) is 0 Å². The molecule has 0 aliphatic carbocycles. The van der Waals surface area contributed by atoms with Gasteiger partial charge in [-0.05, 0) is 24.3 Å². The van der Waals surface area contributed by atoms with Gasteiger partial charge in [0.15, 0.2) is 5.58 Å². The van der Waals surface area contributed by atoms with E-state index in [0.717, 1.165) is 0 Å². The Morgan fingerprint density at radius 1 is 1.19 bits per heavy atom. The molecule has 4 rings (SSSR count). The lowest BCUT2D eigenvalue weighted by Crippen LogP contribution is -2.26. The van der Waals surface area contributed by atoms with Crippen LogP contribution in [0.3, 0.4) is 0 Å². The van der Waals surface area contributed by atoms with Crippen molar-refractivity contribution in [2.45, 2.75) is 13.0 Å². The molecule has 0 saturated carbocycles. The Balaban J connectivity index is 1.83. The second-order valence-electron chi connectivity index (χ2n) is 5.75. The van der Waals surface area contributed by atoms with E-state index in [0.29, 0.717) is 32.6 Å². The van der Waals surface area contributed by atoms with Crippen LogP contribution in [0.4, 0.5) is 0 Å². The molecule has 0 spiro atoms. The lowest BCUT2D eigenvalue weighted by Gasteiger charge is -2.08. The van der Waals surface area contributed by atoms with E-state index in [4.69, 9.17) is 21.1 Å². The van der Waals surface area contributed by atoms with E-state index in [9.17, 15) is 9.59 Å². The zero-order valence-electron chi connectivity index (χ0n) is 13.3. The largest absolute Gasteiger partial charge is 0.481 e. The standard InChI is InChI=1S/C18H12ClN3O4/c19-10-5-6-15-14(7-10)20-16(26-15)9-22-18(25)12-4-2-1-3-11(12)13(21-22)8-17(23)24/h1-7H,8-9H2,(H,23,24). The highest BCUT2D eigenvalue weighted by atomic mass is 35.5. The number of fused-ring (bicyclic) bond motifs is 2. The van der Waals surface area contributed by atoms with Gasteiger partial charge in [0.25, 0.3) is 5.56 Å². The highest BCUT2D eigenvalue weighted by Crippen LogP contribution is 2.20. The normalized spacial score (nSPS) is 11.3. The van der Waals surface area contributed by atoms with Gasteiger partial charge in [0.2, 0.25) is 5.89 Å². The van der Waals surface area contributed by atoms with E-state index >= 15 is 0 Å². The first-order valence-electron chi connectivity index (χ1n) is 7.77. The molecule has 0 aliphatic heterocycles. The number of carbonyl (C=O) groups is 1. The molecule has 2 heterocycles. The summed E-state index contributed by atoms with van der Waals surface area (Å²) >= 11 is 5.94. The molecular weight excluding hydrogens is 358 g/mol. The van der Waals surface area contributed by atoms with Crippen LogP contribution < -0.4 is 5.56 Å². The van der Waals surface area contributed by atoms with Gasteiger partial charge < -0.3 is 9.52 Å². The molecule has 130 valence electrons. The molecule has 0 unspecified atom stereocenters. The Labute approximate surface area is 151 Å². The van der Waals surface area contributed by atoms with Gasteiger partial charge in [0.05, 0.1) is 17.5 Å². The fourth-order valence-corrected chi connectivity index (χ4v) is 3.00. The van der Waals surface area contributed by atoms with Crippen LogP contribution in [0.1, 0.15) is 11.6 Å². The number of benzene rings is 2. The lowest BCUT2D eigenvalue weighted by molar-refractivity contribution is -0.136. The second-order valence-corrected chi connectivity index (χ2v) is 6.18. The van der Waals surface area contributed by atoms with Gasteiger partial charge in [-0.15, -0.1) is 0 Å². The fraction of sp³-hybridized carbons (Fsp3) is 0.111. The first-order valence-corrected chi connectivity index (χ1v) is 8.14. The molecule has 4 aromatic rings. The highest BCUT2D eigenvalue weighted by molar-refractivity contribution is 6.31. The smallest absolute Gasteiger partial charge is 0.309 e. The minimum absolute atomic E-state index is 0.0113. The molecule has 0 bridgehead atoms. The Bertz CT molecular complexity index is 1210.